The normalized spacial score (nSPS) is 15.3. The number of nitrogens with one attached hydrogen (secondary N) is 1. The largest absolute Gasteiger partial charge is 0.497 e. The van der Waals surface area contributed by atoms with Crippen LogP contribution in [-0.2, 0) is 17.9 Å². The predicted octanol–water partition coefficient (Wildman–Crippen LogP) is 3.37. The van der Waals surface area contributed by atoms with Crippen molar-refractivity contribution in [3.8, 4) is 11.5 Å². The molecule has 0 spiro atoms. The van der Waals surface area contributed by atoms with E-state index >= 15 is 0 Å². The van der Waals surface area contributed by atoms with E-state index in [1.807, 2.05) is 18.2 Å². The number of likely N-dealkylation sites (tertiary alicyclic amines) is 1. The Bertz CT molecular complexity index is 739. The third-order valence-corrected chi connectivity index (χ3v) is 4.80. The lowest BCUT2D eigenvalue weighted by atomic mass is 10.1. The number of nitrogens with zero attached hydrogens (tertiary/aromatic N) is 1. The van der Waals surface area contributed by atoms with Crippen LogP contribution in [0, 0.1) is 0 Å². The SMILES string of the molecule is COc1ccc(OC(C)C(=O)NCc2cccc(CN3CCCC3)c2)cc1. The molecule has 27 heavy (non-hydrogen) atoms. The van der Waals surface area contributed by atoms with Gasteiger partial charge in [-0.1, -0.05) is 24.3 Å². The lowest BCUT2D eigenvalue weighted by Gasteiger charge is -2.16. The van der Waals surface area contributed by atoms with Gasteiger partial charge in [0.2, 0.25) is 0 Å². The van der Waals surface area contributed by atoms with E-state index < -0.39 is 6.10 Å². The van der Waals surface area contributed by atoms with Crippen LogP contribution in [0.3, 0.4) is 0 Å². The molecule has 1 amide bonds. The number of rotatable bonds is 8. The summed E-state index contributed by atoms with van der Waals surface area (Å²) in [7, 11) is 1.62. The van der Waals surface area contributed by atoms with Gasteiger partial charge in [0.05, 0.1) is 7.11 Å². The first-order valence-electron chi connectivity index (χ1n) is 9.52. The van der Waals surface area contributed by atoms with Crippen molar-refractivity contribution in [3.63, 3.8) is 0 Å². The molecule has 1 heterocycles. The van der Waals surface area contributed by atoms with Crippen LogP contribution in [0.1, 0.15) is 30.9 Å². The third kappa shape index (κ3) is 5.73. The lowest BCUT2D eigenvalue weighted by molar-refractivity contribution is -0.127. The Morgan fingerprint density at radius 3 is 2.44 bits per heavy atom. The fraction of sp³-hybridized carbons (Fsp3) is 0.409. The first-order chi connectivity index (χ1) is 13.1. The van der Waals surface area contributed by atoms with Crippen LogP contribution in [0.5, 0.6) is 11.5 Å². The van der Waals surface area contributed by atoms with Crippen LogP contribution >= 0.6 is 0 Å². The molecule has 0 bridgehead atoms. The van der Waals surface area contributed by atoms with Crippen molar-refractivity contribution in [1.82, 2.24) is 10.2 Å². The summed E-state index contributed by atoms with van der Waals surface area (Å²) in [5.41, 5.74) is 2.41. The van der Waals surface area contributed by atoms with Crippen molar-refractivity contribution in [2.24, 2.45) is 0 Å². The molecule has 1 aliphatic rings. The number of hydrogen-bond donors (Lipinski definition) is 1. The topological polar surface area (TPSA) is 50.8 Å². The highest BCUT2D eigenvalue weighted by Crippen LogP contribution is 2.18. The molecule has 1 fully saturated rings. The van der Waals surface area contributed by atoms with Gasteiger partial charge < -0.3 is 14.8 Å². The second kappa shape index (κ2) is 9.42. The summed E-state index contributed by atoms with van der Waals surface area (Å²) in [6.07, 6.45) is 2.02. The van der Waals surface area contributed by atoms with Gasteiger partial charge >= 0.3 is 0 Å². The molecule has 0 aromatic heterocycles. The van der Waals surface area contributed by atoms with E-state index in [-0.39, 0.29) is 5.91 Å². The molecular formula is C22H28N2O3. The third-order valence-electron chi connectivity index (χ3n) is 4.80. The van der Waals surface area contributed by atoms with Crippen molar-refractivity contribution < 1.29 is 14.3 Å². The molecule has 1 aliphatic heterocycles. The molecule has 1 atom stereocenters. The molecule has 0 radical (unpaired) electrons. The Kier molecular flexibility index (Phi) is 6.71. The van der Waals surface area contributed by atoms with Gasteiger partial charge in [-0.05, 0) is 68.2 Å². The minimum atomic E-state index is -0.564. The maximum Gasteiger partial charge on any atom is 0.261 e. The Balaban J connectivity index is 1.48. The predicted molar refractivity (Wildman–Crippen MR) is 106 cm³/mol. The van der Waals surface area contributed by atoms with Crippen molar-refractivity contribution in [2.75, 3.05) is 20.2 Å². The zero-order valence-electron chi connectivity index (χ0n) is 16.1. The molecule has 3 rings (SSSR count). The van der Waals surface area contributed by atoms with Crippen LogP contribution < -0.4 is 14.8 Å². The second-order valence-electron chi connectivity index (χ2n) is 6.96. The van der Waals surface area contributed by atoms with Crippen molar-refractivity contribution in [1.29, 1.82) is 0 Å². The lowest BCUT2D eigenvalue weighted by Crippen LogP contribution is -2.35. The second-order valence-corrected chi connectivity index (χ2v) is 6.96. The standard InChI is InChI=1S/C22H28N2O3/c1-17(27-21-10-8-20(26-2)9-11-21)22(25)23-15-18-6-5-7-19(14-18)16-24-12-3-4-13-24/h5-11,14,17H,3-4,12-13,15-16H2,1-2H3,(H,23,25). The van der Waals surface area contributed by atoms with E-state index in [2.05, 4.69) is 28.4 Å². The van der Waals surface area contributed by atoms with Crippen molar-refractivity contribution in [3.05, 3.63) is 59.7 Å². The van der Waals surface area contributed by atoms with E-state index in [0.29, 0.717) is 12.3 Å². The van der Waals surface area contributed by atoms with Gasteiger partial charge in [0.15, 0.2) is 6.10 Å². The fourth-order valence-corrected chi connectivity index (χ4v) is 3.28. The highest BCUT2D eigenvalue weighted by molar-refractivity contribution is 5.80. The number of benzene rings is 2. The van der Waals surface area contributed by atoms with Gasteiger partial charge in [-0.25, -0.2) is 0 Å². The van der Waals surface area contributed by atoms with Crippen LogP contribution in [0.15, 0.2) is 48.5 Å². The van der Waals surface area contributed by atoms with Gasteiger partial charge in [0, 0.05) is 13.1 Å². The summed E-state index contributed by atoms with van der Waals surface area (Å²) in [6, 6.07) is 15.6. The van der Waals surface area contributed by atoms with Gasteiger partial charge in [-0.2, -0.15) is 0 Å². The molecule has 0 saturated carbocycles. The average Bonchev–Trinajstić information content (AvgIpc) is 3.20. The number of methoxy groups -OCH3 is 1. The van der Waals surface area contributed by atoms with E-state index in [4.69, 9.17) is 9.47 Å². The maximum atomic E-state index is 12.3. The minimum Gasteiger partial charge on any atom is -0.497 e. The van der Waals surface area contributed by atoms with Crippen LogP contribution in [0.2, 0.25) is 0 Å². The fourth-order valence-electron chi connectivity index (χ4n) is 3.28. The quantitative estimate of drug-likeness (QED) is 0.776. The van der Waals surface area contributed by atoms with E-state index in [1.54, 1.807) is 26.2 Å². The Hall–Kier alpha value is -2.53. The zero-order valence-corrected chi connectivity index (χ0v) is 16.1. The molecular weight excluding hydrogens is 340 g/mol. The minimum absolute atomic E-state index is 0.129. The molecule has 1 unspecified atom stereocenters. The smallest absolute Gasteiger partial charge is 0.261 e. The number of ether oxygens (including phenoxy) is 2. The van der Waals surface area contributed by atoms with E-state index in [1.165, 1.54) is 31.5 Å². The zero-order chi connectivity index (χ0) is 19.1. The monoisotopic (exact) mass is 368 g/mol. The molecule has 2 aromatic carbocycles. The van der Waals surface area contributed by atoms with E-state index in [9.17, 15) is 4.79 Å². The van der Waals surface area contributed by atoms with Crippen molar-refractivity contribution >= 4 is 5.91 Å². The highest BCUT2D eigenvalue weighted by Gasteiger charge is 2.15. The Morgan fingerprint density at radius 2 is 1.74 bits per heavy atom. The van der Waals surface area contributed by atoms with Gasteiger partial charge in [-0.3, -0.25) is 9.69 Å². The highest BCUT2D eigenvalue weighted by atomic mass is 16.5. The van der Waals surface area contributed by atoms with E-state index in [0.717, 1.165) is 17.9 Å². The summed E-state index contributed by atoms with van der Waals surface area (Å²) >= 11 is 0. The molecule has 0 aliphatic carbocycles. The number of amides is 1. The summed E-state index contributed by atoms with van der Waals surface area (Å²) < 4.78 is 10.8. The molecule has 2 aromatic rings. The van der Waals surface area contributed by atoms with Crippen LogP contribution in [0.25, 0.3) is 0 Å². The number of hydrogen-bond acceptors (Lipinski definition) is 4. The van der Waals surface area contributed by atoms with Crippen molar-refractivity contribution in [2.45, 2.75) is 39.0 Å². The summed E-state index contributed by atoms with van der Waals surface area (Å²) in [5, 5.41) is 2.96. The summed E-state index contributed by atoms with van der Waals surface area (Å²) in [5.74, 6) is 1.27. The van der Waals surface area contributed by atoms with Gasteiger partial charge in [-0.15, -0.1) is 0 Å². The Labute approximate surface area is 161 Å². The number of carbonyl (C=O) groups excluding carboxylic acids is 1. The van der Waals surface area contributed by atoms with Gasteiger partial charge in [0.1, 0.15) is 11.5 Å². The Morgan fingerprint density at radius 1 is 1.07 bits per heavy atom. The maximum absolute atomic E-state index is 12.3. The average molecular weight is 368 g/mol. The van der Waals surface area contributed by atoms with Gasteiger partial charge in [0.25, 0.3) is 5.91 Å². The summed E-state index contributed by atoms with van der Waals surface area (Å²) in [4.78, 5) is 14.8. The van der Waals surface area contributed by atoms with Crippen LogP contribution in [0.4, 0.5) is 0 Å². The molecule has 144 valence electrons. The molecule has 5 heteroatoms. The molecule has 1 saturated heterocycles. The number of carbonyl (C=O) groups is 1. The first-order valence-corrected chi connectivity index (χ1v) is 9.52. The molecule has 1 N–H and O–H groups in total. The van der Waals surface area contributed by atoms with Crippen LogP contribution in [-0.4, -0.2) is 37.1 Å². The molecule has 5 nitrogen and oxygen atoms in total. The first kappa shape index (κ1) is 19.2. The summed E-state index contributed by atoms with van der Waals surface area (Å²) in [6.45, 7) is 5.60.